The van der Waals surface area contributed by atoms with E-state index in [0.29, 0.717) is 6.42 Å². The second-order valence-electron chi connectivity index (χ2n) is 2.06. The summed E-state index contributed by atoms with van der Waals surface area (Å²) in [6.07, 6.45) is -0.355. The molecule has 11 heavy (non-hydrogen) atoms. The molecule has 1 atom stereocenters. The van der Waals surface area contributed by atoms with Gasteiger partial charge in [0, 0.05) is 6.42 Å². The lowest BCUT2D eigenvalue weighted by Crippen LogP contribution is -2.13. The first-order valence-electron chi connectivity index (χ1n) is 3.35. The van der Waals surface area contributed by atoms with Crippen LogP contribution in [0, 0.1) is 11.8 Å². The molecule has 0 amide bonds. The van der Waals surface area contributed by atoms with Crippen molar-refractivity contribution in [2.24, 2.45) is 0 Å². The number of carbonyl (C=O) groups is 1. The molecule has 0 radical (unpaired) electrons. The van der Waals surface area contributed by atoms with Crippen LogP contribution in [0.5, 0.6) is 0 Å². The smallest absolute Gasteiger partial charge is 0.308 e. The Morgan fingerprint density at radius 1 is 1.73 bits per heavy atom. The summed E-state index contributed by atoms with van der Waals surface area (Å²) in [5.41, 5.74) is 0. The summed E-state index contributed by atoms with van der Waals surface area (Å²) < 4.78 is 4.35. The first-order valence-corrected chi connectivity index (χ1v) is 3.35. The van der Waals surface area contributed by atoms with Gasteiger partial charge in [-0.25, -0.2) is 0 Å². The lowest BCUT2D eigenvalue weighted by atomic mass is 10.2. The number of hydrogen-bond donors (Lipinski definition) is 1. The number of hydrogen-bond acceptors (Lipinski definition) is 3. The van der Waals surface area contributed by atoms with Crippen LogP contribution in [-0.4, -0.2) is 24.3 Å². The van der Waals surface area contributed by atoms with Crippen molar-refractivity contribution in [1.29, 1.82) is 0 Å². The van der Waals surface area contributed by atoms with E-state index in [1.165, 1.54) is 7.11 Å². The highest BCUT2D eigenvalue weighted by Gasteiger charge is 2.08. The highest BCUT2D eigenvalue weighted by molar-refractivity contribution is 5.69. The van der Waals surface area contributed by atoms with Gasteiger partial charge >= 0.3 is 5.97 Å². The van der Waals surface area contributed by atoms with Crippen molar-refractivity contribution in [1.82, 2.24) is 0 Å². The Morgan fingerprint density at radius 3 is 2.82 bits per heavy atom. The molecule has 0 aliphatic rings. The van der Waals surface area contributed by atoms with E-state index < -0.39 is 12.1 Å². The van der Waals surface area contributed by atoms with Gasteiger partial charge in [-0.05, 0) is 6.92 Å². The highest BCUT2D eigenvalue weighted by Crippen LogP contribution is 1.97. The Bertz CT molecular complexity index is 176. The fourth-order valence-corrected chi connectivity index (χ4v) is 0.568. The van der Waals surface area contributed by atoms with Crippen molar-refractivity contribution in [3.8, 4) is 11.8 Å². The van der Waals surface area contributed by atoms with Gasteiger partial charge in [0.15, 0.2) is 0 Å². The van der Waals surface area contributed by atoms with Gasteiger partial charge in [-0.1, -0.05) is 0 Å². The first-order chi connectivity index (χ1) is 5.20. The summed E-state index contributed by atoms with van der Waals surface area (Å²) in [6.45, 7) is 1.69. The lowest BCUT2D eigenvalue weighted by molar-refractivity contribution is -0.142. The second-order valence-corrected chi connectivity index (χ2v) is 2.06. The summed E-state index contributed by atoms with van der Waals surface area (Å²) in [4.78, 5) is 10.6. The Labute approximate surface area is 66.4 Å². The SMILES string of the molecule is CC#CC[C@@H](O)CC(=O)OC. The maximum absolute atomic E-state index is 10.6. The fourth-order valence-electron chi connectivity index (χ4n) is 0.568. The molecule has 0 saturated heterocycles. The number of aliphatic hydroxyl groups excluding tert-OH is 1. The average molecular weight is 156 g/mol. The van der Waals surface area contributed by atoms with Crippen LogP contribution in [0.3, 0.4) is 0 Å². The summed E-state index contributed by atoms with van der Waals surface area (Å²) in [5.74, 6) is 4.89. The molecule has 0 heterocycles. The minimum absolute atomic E-state index is 0.0190. The molecule has 0 spiro atoms. The average Bonchev–Trinajstić information content (AvgIpc) is 2.00. The van der Waals surface area contributed by atoms with Crippen LogP contribution in [0.2, 0.25) is 0 Å². The van der Waals surface area contributed by atoms with Crippen LogP contribution >= 0.6 is 0 Å². The molecule has 0 aliphatic heterocycles. The monoisotopic (exact) mass is 156 g/mol. The summed E-state index contributed by atoms with van der Waals surface area (Å²) in [5, 5.41) is 9.08. The maximum atomic E-state index is 10.6. The highest BCUT2D eigenvalue weighted by atomic mass is 16.5. The van der Waals surface area contributed by atoms with Crippen molar-refractivity contribution < 1.29 is 14.6 Å². The molecular weight excluding hydrogens is 144 g/mol. The first kappa shape index (κ1) is 9.99. The quantitative estimate of drug-likeness (QED) is 0.473. The molecular formula is C8H12O3. The van der Waals surface area contributed by atoms with E-state index in [1.807, 2.05) is 0 Å². The van der Waals surface area contributed by atoms with Gasteiger partial charge in [0.1, 0.15) is 0 Å². The zero-order chi connectivity index (χ0) is 8.69. The third kappa shape index (κ3) is 5.43. The van der Waals surface area contributed by atoms with Crippen molar-refractivity contribution in [2.75, 3.05) is 7.11 Å². The van der Waals surface area contributed by atoms with Gasteiger partial charge in [0.2, 0.25) is 0 Å². The Balaban J connectivity index is 3.57. The molecule has 0 rings (SSSR count). The number of rotatable bonds is 3. The summed E-state index contributed by atoms with van der Waals surface area (Å²) in [6, 6.07) is 0. The van der Waals surface area contributed by atoms with Crippen LogP contribution in [0.1, 0.15) is 19.8 Å². The van der Waals surface area contributed by atoms with E-state index in [0.717, 1.165) is 0 Å². The van der Waals surface area contributed by atoms with Gasteiger partial charge in [-0.3, -0.25) is 4.79 Å². The third-order valence-electron chi connectivity index (χ3n) is 1.14. The second kappa shape index (κ2) is 5.75. The standard InChI is InChI=1S/C8H12O3/c1-3-4-5-7(9)6-8(10)11-2/h7,9H,5-6H2,1-2H3/t7-/m1/s1. The molecule has 3 heteroatoms. The molecule has 0 aromatic carbocycles. The molecule has 0 aromatic heterocycles. The molecule has 0 unspecified atom stereocenters. The lowest BCUT2D eigenvalue weighted by Gasteiger charge is -2.03. The number of esters is 1. The van der Waals surface area contributed by atoms with Gasteiger partial charge in [-0.2, -0.15) is 0 Å². The zero-order valence-corrected chi connectivity index (χ0v) is 6.76. The Kier molecular flexibility index (Phi) is 5.22. The normalized spacial score (nSPS) is 11.2. The van der Waals surface area contributed by atoms with E-state index >= 15 is 0 Å². The van der Waals surface area contributed by atoms with Crippen LogP contribution in [0.25, 0.3) is 0 Å². The van der Waals surface area contributed by atoms with Crippen molar-refractivity contribution in [2.45, 2.75) is 25.9 Å². The fraction of sp³-hybridized carbons (Fsp3) is 0.625. The zero-order valence-electron chi connectivity index (χ0n) is 6.76. The van der Waals surface area contributed by atoms with E-state index in [9.17, 15) is 4.79 Å². The largest absolute Gasteiger partial charge is 0.469 e. The Morgan fingerprint density at radius 2 is 2.36 bits per heavy atom. The van der Waals surface area contributed by atoms with Crippen molar-refractivity contribution in [3.05, 3.63) is 0 Å². The van der Waals surface area contributed by atoms with Crippen LogP contribution in [-0.2, 0) is 9.53 Å². The summed E-state index contributed by atoms with van der Waals surface area (Å²) in [7, 11) is 1.29. The van der Waals surface area contributed by atoms with E-state index in [4.69, 9.17) is 5.11 Å². The number of aliphatic hydroxyl groups is 1. The van der Waals surface area contributed by atoms with Crippen molar-refractivity contribution >= 4 is 5.97 Å². The number of ether oxygens (including phenoxy) is 1. The molecule has 0 fully saturated rings. The minimum atomic E-state index is -0.699. The Hall–Kier alpha value is -1.01. The van der Waals surface area contributed by atoms with E-state index in [2.05, 4.69) is 16.6 Å². The molecule has 0 aromatic rings. The molecule has 3 nitrogen and oxygen atoms in total. The summed E-state index contributed by atoms with van der Waals surface area (Å²) >= 11 is 0. The third-order valence-corrected chi connectivity index (χ3v) is 1.14. The predicted molar refractivity (Wildman–Crippen MR) is 40.7 cm³/mol. The number of carbonyl (C=O) groups excluding carboxylic acids is 1. The molecule has 0 bridgehead atoms. The molecule has 0 aliphatic carbocycles. The topological polar surface area (TPSA) is 46.5 Å². The van der Waals surface area contributed by atoms with Crippen LogP contribution in [0.4, 0.5) is 0 Å². The van der Waals surface area contributed by atoms with Crippen LogP contribution < -0.4 is 0 Å². The minimum Gasteiger partial charge on any atom is -0.469 e. The van der Waals surface area contributed by atoms with E-state index in [-0.39, 0.29) is 6.42 Å². The molecule has 62 valence electrons. The number of methoxy groups -OCH3 is 1. The molecule has 0 saturated carbocycles. The van der Waals surface area contributed by atoms with Gasteiger partial charge in [-0.15, -0.1) is 11.8 Å². The van der Waals surface area contributed by atoms with Crippen molar-refractivity contribution in [3.63, 3.8) is 0 Å². The van der Waals surface area contributed by atoms with Crippen LogP contribution in [0.15, 0.2) is 0 Å². The predicted octanol–water partition coefficient (Wildman–Crippen LogP) is 0.324. The van der Waals surface area contributed by atoms with Gasteiger partial charge < -0.3 is 9.84 Å². The van der Waals surface area contributed by atoms with E-state index in [1.54, 1.807) is 6.92 Å². The molecule has 1 N–H and O–H groups in total. The maximum Gasteiger partial charge on any atom is 0.308 e. The van der Waals surface area contributed by atoms with Gasteiger partial charge in [0.25, 0.3) is 0 Å². The van der Waals surface area contributed by atoms with Gasteiger partial charge in [0.05, 0.1) is 19.6 Å².